The van der Waals surface area contributed by atoms with Crippen molar-refractivity contribution in [2.24, 2.45) is 0 Å². The molecular formula is C11H20N2O. The minimum atomic E-state index is 0.0761. The molecule has 3 nitrogen and oxygen atoms in total. The third-order valence-corrected chi connectivity index (χ3v) is 2.83. The van der Waals surface area contributed by atoms with E-state index in [1.165, 1.54) is 6.08 Å². The maximum Gasteiger partial charge on any atom is 0.246 e. The molecule has 1 aliphatic rings. The molecule has 0 aromatic carbocycles. The van der Waals surface area contributed by atoms with Crippen molar-refractivity contribution in [1.82, 2.24) is 9.80 Å². The molecule has 0 bridgehead atoms. The lowest BCUT2D eigenvalue weighted by Crippen LogP contribution is -2.42. The molecule has 1 unspecified atom stereocenters. The fourth-order valence-corrected chi connectivity index (χ4v) is 2.00. The molecule has 0 radical (unpaired) electrons. The Labute approximate surface area is 86.4 Å². The zero-order valence-corrected chi connectivity index (χ0v) is 9.20. The molecule has 80 valence electrons. The summed E-state index contributed by atoms with van der Waals surface area (Å²) >= 11 is 0. The van der Waals surface area contributed by atoms with Gasteiger partial charge in [0.2, 0.25) is 5.91 Å². The van der Waals surface area contributed by atoms with Gasteiger partial charge in [0.15, 0.2) is 0 Å². The van der Waals surface area contributed by atoms with Crippen LogP contribution < -0.4 is 0 Å². The van der Waals surface area contributed by atoms with Crippen molar-refractivity contribution in [3.05, 3.63) is 12.7 Å². The van der Waals surface area contributed by atoms with Crippen molar-refractivity contribution in [2.45, 2.75) is 25.8 Å². The Morgan fingerprint density at radius 2 is 2.29 bits per heavy atom. The molecule has 0 aromatic rings. The first-order valence-electron chi connectivity index (χ1n) is 5.30. The van der Waals surface area contributed by atoms with Crippen LogP contribution in [0.15, 0.2) is 12.7 Å². The van der Waals surface area contributed by atoms with E-state index in [0.717, 1.165) is 32.5 Å². The van der Waals surface area contributed by atoms with Crippen molar-refractivity contribution in [3.63, 3.8) is 0 Å². The monoisotopic (exact) mass is 196 g/mol. The molecule has 0 spiro atoms. The van der Waals surface area contributed by atoms with Gasteiger partial charge in [0.25, 0.3) is 0 Å². The third kappa shape index (κ3) is 2.58. The van der Waals surface area contributed by atoms with E-state index in [-0.39, 0.29) is 5.91 Å². The predicted octanol–water partition coefficient (Wildman–Crippen LogP) is 1.12. The summed E-state index contributed by atoms with van der Waals surface area (Å²) in [6.45, 7) is 8.61. The molecule has 1 atom stereocenters. The van der Waals surface area contributed by atoms with Crippen molar-refractivity contribution < 1.29 is 4.79 Å². The largest absolute Gasteiger partial charge is 0.335 e. The second kappa shape index (κ2) is 5.15. The van der Waals surface area contributed by atoms with Crippen molar-refractivity contribution in [3.8, 4) is 0 Å². The molecule has 1 fully saturated rings. The molecule has 0 aromatic heterocycles. The lowest BCUT2D eigenvalue weighted by Gasteiger charge is -2.29. The minimum Gasteiger partial charge on any atom is -0.335 e. The topological polar surface area (TPSA) is 23.6 Å². The summed E-state index contributed by atoms with van der Waals surface area (Å²) in [4.78, 5) is 15.8. The second-order valence-electron chi connectivity index (χ2n) is 3.91. The molecule has 1 aliphatic heterocycles. The first-order chi connectivity index (χ1) is 6.69. The summed E-state index contributed by atoms with van der Waals surface area (Å²) in [5, 5.41) is 0. The van der Waals surface area contributed by atoms with E-state index in [2.05, 4.69) is 25.5 Å². The van der Waals surface area contributed by atoms with Gasteiger partial charge in [-0.05, 0) is 32.5 Å². The number of hydrogen-bond acceptors (Lipinski definition) is 2. The molecule has 1 amide bonds. The zero-order chi connectivity index (χ0) is 10.6. The van der Waals surface area contributed by atoms with Crippen LogP contribution >= 0.6 is 0 Å². The molecule has 1 rings (SSSR count). The van der Waals surface area contributed by atoms with Crippen LogP contribution in [-0.4, -0.2) is 48.4 Å². The fraction of sp³-hybridized carbons (Fsp3) is 0.727. The Kier molecular flexibility index (Phi) is 4.14. The van der Waals surface area contributed by atoms with Gasteiger partial charge in [-0.25, -0.2) is 0 Å². The lowest BCUT2D eigenvalue weighted by atomic mass is 10.2. The smallest absolute Gasteiger partial charge is 0.246 e. The predicted molar refractivity (Wildman–Crippen MR) is 58.1 cm³/mol. The number of rotatable bonds is 2. The summed E-state index contributed by atoms with van der Waals surface area (Å²) in [5.74, 6) is 0.0761. The van der Waals surface area contributed by atoms with Crippen LogP contribution in [0.3, 0.4) is 0 Å². The average Bonchev–Trinajstić information content (AvgIpc) is 2.38. The molecule has 0 N–H and O–H groups in total. The molecule has 3 heteroatoms. The second-order valence-corrected chi connectivity index (χ2v) is 3.91. The van der Waals surface area contributed by atoms with Gasteiger partial charge >= 0.3 is 0 Å². The van der Waals surface area contributed by atoms with Crippen molar-refractivity contribution in [2.75, 3.05) is 26.7 Å². The highest BCUT2D eigenvalue weighted by molar-refractivity contribution is 5.87. The van der Waals surface area contributed by atoms with Gasteiger partial charge < -0.3 is 9.80 Å². The Morgan fingerprint density at radius 1 is 1.57 bits per heavy atom. The first-order valence-corrected chi connectivity index (χ1v) is 5.30. The zero-order valence-electron chi connectivity index (χ0n) is 9.20. The van der Waals surface area contributed by atoms with E-state index in [9.17, 15) is 4.79 Å². The van der Waals surface area contributed by atoms with Crippen LogP contribution in [0.2, 0.25) is 0 Å². The summed E-state index contributed by atoms with van der Waals surface area (Å²) in [6.07, 6.45) is 3.50. The lowest BCUT2D eigenvalue weighted by molar-refractivity contribution is -0.128. The van der Waals surface area contributed by atoms with Gasteiger partial charge in [0.05, 0.1) is 0 Å². The fourth-order valence-electron chi connectivity index (χ4n) is 2.00. The van der Waals surface area contributed by atoms with Crippen LogP contribution in [0.4, 0.5) is 0 Å². The normalized spacial score (nSPS) is 24.4. The summed E-state index contributed by atoms with van der Waals surface area (Å²) in [7, 11) is 2.12. The quantitative estimate of drug-likeness (QED) is 0.618. The van der Waals surface area contributed by atoms with Crippen molar-refractivity contribution >= 4 is 5.91 Å². The maximum absolute atomic E-state index is 11.6. The van der Waals surface area contributed by atoms with E-state index in [1.807, 2.05) is 4.90 Å². The van der Waals surface area contributed by atoms with Crippen molar-refractivity contribution in [1.29, 1.82) is 0 Å². The Balaban J connectivity index is 2.69. The number of amides is 1. The number of carbonyl (C=O) groups excluding carboxylic acids is 1. The van der Waals surface area contributed by atoms with Crippen LogP contribution in [0.1, 0.15) is 19.8 Å². The molecule has 0 saturated carbocycles. The van der Waals surface area contributed by atoms with Gasteiger partial charge in [0.1, 0.15) is 0 Å². The molecule has 1 heterocycles. The maximum atomic E-state index is 11.6. The third-order valence-electron chi connectivity index (χ3n) is 2.83. The van der Waals surface area contributed by atoms with E-state index >= 15 is 0 Å². The highest BCUT2D eigenvalue weighted by Gasteiger charge is 2.24. The number of hydrogen-bond donors (Lipinski definition) is 0. The van der Waals surface area contributed by atoms with Gasteiger partial charge in [-0.15, -0.1) is 0 Å². The Hall–Kier alpha value is -0.830. The van der Waals surface area contributed by atoms with Gasteiger partial charge in [-0.3, -0.25) is 4.79 Å². The minimum absolute atomic E-state index is 0.0761. The first kappa shape index (κ1) is 11.2. The number of likely N-dealkylation sites (N-methyl/N-ethyl adjacent to an activating group) is 1. The highest BCUT2D eigenvalue weighted by Crippen LogP contribution is 2.12. The molecule has 14 heavy (non-hydrogen) atoms. The average molecular weight is 196 g/mol. The van der Waals surface area contributed by atoms with Gasteiger partial charge in [-0.2, -0.15) is 0 Å². The van der Waals surface area contributed by atoms with Gasteiger partial charge in [0, 0.05) is 19.1 Å². The van der Waals surface area contributed by atoms with Crippen LogP contribution in [0.25, 0.3) is 0 Å². The SMILES string of the molecule is C=CC(=O)N1CCCN(C)CC1CC. The van der Waals surface area contributed by atoms with Crippen LogP contribution in [0.5, 0.6) is 0 Å². The number of nitrogens with zero attached hydrogens (tertiary/aromatic N) is 2. The summed E-state index contributed by atoms with van der Waals surface area (Å²) < 4.78 is 0. The van der Waals surface area contributed by atoms with E-state index < -0.39 is 0 Å². The van der Waals surface area contributed by atoms with Gasteiger partial charge in [-0.1, -0.05) is 13.5 Å². The van der Waals surface area contributed by atoms with E-state index in [1.54, 1.807) is 0 Å². The molecular weight excluding hydrogens is 176 g/mol. The highest BCUT2D eigenvalue weighted by atomic mass is 16.2. The van der Waals surface area contributed by atoms with E-state index in [4.69, 9.17) is 0 Å². The standard InChI is InChI=1S/C11H20N2O/c1-4-10-9-12(3)7-6-8-13(10)11(14)5-2/h5,10H,2,4,6-9H2,1,3H3. The summed E-state index contributed by atoms with van der Waals surface area (Å²) in [6, 6.07) is 0.355. The van der Waals surface area contributed by atoms with Crippen LogP contribution in [0, 0.1) is 0 Å². The number of carbonyl (C=O) groups is 1. The Bertz CT molecular complexity index is 215. The summed E-state index contributed by atoms with van der Waals surface area (Å²) in [5.41, 5.74) is 0. The molecule has 1 saturated heterocycles. The molecule has 0 aliphatic carbocycles. The van der Waals surface area contributed by atoms with E-state index in [0.29, 0.717) is 6.04 Å². The van der Waals surface area contributed by atoms with Crippen LogP contribution in [-0.2, 0) is 4.79 Å². The Morgan fingerprint density at radius 3 is 2.86 bits per heavy atom.